The van der Waals surface area contributed by atoms with Gasteiger partial charge in [-0.25, -0.2) is 0 Å². The highest BCUT2D eigenvalue weighted by atomic mass is 15.0. The number of nitrogens with one attached hydrogen (secondary N) is 1. The van der Waals surface area contributed by atoms with Crippen molar-refractivity contribution in [2.24, 2.45) is 5.92 Å². The van der Waals surface area contributed by atoms with Crippen LogP contribution in [0.5, 0.6) is 0 Å². The Labute approximate surface area is 128 Å². The van der Waals surface area contributed by atoms with E-state index in [4.69, 9.17) is 0 Å². The number of unbranched alkanes of at least 4 members (excludes halogenated alkanes) is 9. The minimum absolute atomic E-state index is 0.749. The normalized spacial score (nSPS) is 26.9. The van der Waals surface area contributed by atoms with Crippen molar-refractivity contribution in [3.8, 4) is 0 Å². The van der Waals surface area contributed by atoms with E-state index in [2.05, 4.69) is 26.1 Å². The van der Waals surface area contributed by atoms with Crippen LogP contribution in [0.1, 0.15) is 104 Å². The summed E-state index contributed by atoms with van der Waals surface area (Å²) in [5.41, 5.74) is 0. The van der Waals surface area contributed by atoms with Crippen molar-refractivity contribution in [3.05, 3.63) is 0 Å². The van der Waals surface area contributed by atoms with Crippen molar-refractivity contribution < 1.29 is 0 Å². The first kappa shape index (κ1) is 18.0. The molecule has 3 atom stereocenters. The van der Waals surface area contributed by atoms with Crippen LogP contribution in [-0.2, 0) is 0 Å². The van der Waals surface area contributed by atoms with Crippen LogP contribution in [0.2, 0.25) is 0 Å². The maximum atomic E-state index is 3.80. The van der Waals surface area contributed by atoms with Crippen molar-refractivity contribution in [2.45, 2.75) is 116 Å². The Balaban J connectivity index is 1.86. The van der Waals surface area contributed by atoms with Gasteiger partial charge in [-0.2, -0.15) is 0 Å². The number of hydrogen-bond acceptors (Lipinski definition) is 1. The lowest BCUT2D eigenvalue weighted by atomic mass is 9.86. The van der Waals surface area contributed by atoms with Crippen LogP contribution in [0, 0.1) is 5.92 Å². The molecule has 1 heterocycles. The third-order valence-electron chi connectivity index (χ3n) is 5.11. The summed E-state index contributed by atoms with van der Waals surface area (Å²) in [6, 6.07) is 1.55. The molecule has 0 bridgehead atoms. The molecule has 0 aromatic heterocycles. The first-order valence-electron chi connectivity index (χ1n) is 9.50. The maximum absolute atomic E-state index is 3.80. The Kier molecular flexibility index (Phi) is 10.4. The molecule has 1 aliphatic rings. The summed E-state index contributed by atoms with van der Waals surface area (Å²) < 4.78 is 0. The lowest BCUT2D eigenvalue weighted by molar-refractivity contribution is 0.239. The van der Waals surface area contributed by atoms with Gasteiger partial charge in [0.05, 0.1) is 0 Å². The molecule has 0 unspecified atom stereocenters. The standard InChI is InChI=1S/C19H39N/c1-4-5-6-7-8-9-10-11-12-13-14-19-17(2)15-16-18(3)20-19/h17-20H,4-16H2,1-3H3/t17-,18+,19-/m0/s1. The van der Waals surface area contributed by atoms with Crippen LogP contribution in [0.3, 0.4) is 0 Å². The fourth-order valence-corrected chi connectivity index (χ4v) is 3.55. The number of piperidine rings is 1. The minimum atomic E-state index is 0.749. The topological polar surface area (TPSA) is 12.0 Å². The van der Waals surface area contributed by atoms with Crippen LogP contribution in [-0.4, -0.2) is 12.1 Å². The Morgan fingerprint density at radius 2 is 1.30 bits per heavy atom. The largest absolute Gasteiger partial charge is 0.311 e. The van der Waals surface area contributed by atoms with E-state index in [1.54, 1.807) is 0 Å². The van der Waals surface area contributed by atoms with E-state index in [1.807, 2.05) is 0 Å². The third-order valence-corrected chi connectivity index (χ3v) is 5.11. The summed E-state index contributed by atoms with van der Waals surface area (Å²) in [7, 11) is 0. The Morgan fingerprint density at radius 3 is 1.90 bits per heavy atom. The van der Waals surface area contributed by atoms with Gasteiger partial charge in [-0.3, -0.25) is 0 Å². The number of rotatable bonds is 11. The van der Waals surface area contributed by atoms with E-state index in [9.17, 15) is 0 Å². The third kappa shape index (κ3) is 8.29. The molecule has 1 nitrogen and oxygen atoms in total. The molecule has 1 rings (SSSR count). The smallest absolute Gasteiger partial charge is 0.00951 e. The van der Waals surface area contributed by atoms with Gasteiger partial charge in [-0.1, -0.05) is 78.1 Å². The van der Waals surface area contributed by atoms with Gasteiger partial charge in [-0.15, -0.1) is 0 Å². The predicted molar refractivity (Wildman–Crippen MR) is 91.2 cm³/mol. The molecule has 20 heavy (non-hydrogen) atoms. The highest BCUT2D eigenvalue weighted by molar-refractivity contribution is 4.82. The van der Waals surface area contributed by atoms with Gasteiger partial charge in [0.25, 0.3) is 0 Å². The van der Waals surface area contributed by atoms with Crippen molar-refractivity contribution >= 4 is 0 Å². The zero-order chi connectivity index (χ0) is 14.6. The van der Waals surface area contributed by atoms with E-state index in [1.165, 1.54) is 83.5 Å². The van der Waals surface area contributed by atoms with E-state index in [0.29, 0.717) is 0 Å². The fraction of sp³-hybridized carbons (Fsp3) is 1.00. The summed E-state index contributed by atoms with van der Waals surface area (Å²) in [5, 5.41) is 3.80. The van der Waals surface area contributed by atoms with Crippen molar-refractivity contribution in [1.29, 1.82) is 0 Å². The average molecular weight is 282 g/mol. The van der Waals surface area contributed by atoms with Crippen molar-refractivity contribution in [3.63, 3.8) is 0 Å². The van der Waals surface area contributed by atoms with Gasteiger partial charge >= 0.3 is 0 Å². The van der Waals surface area contributed by atoms with Gasteiger partial charge in [0, 0.05) is 12.1 Å². The highest BCUT2D eigenvalue weighted by Crippen LogP contribution is 2.23. The van der Waals surface area contributed by atoms with Crippen LogP contribution >= 0.6 is 0 Å². The van der Waals surface area contributed by atoms with Gasteiger partial charge in [0.2, 0.25) is 0 Å². The maximum Gasteiger partial charge on any atom is 0.00951 e. The molecule has 1 fully saturated rings. The molecule has 1 heteroatoms. The summed E-state index contributed by atoms with van der Waals surface area (Å²) in [4.78, 5) is 0. The molecule has 0 saturated carbocycles. The highest BCUT2D eigenvalue weighted by Gasteiger charge is 2.23. The second-order valence-electron chi connectivity index (χ2n) is 7.20. The molecule has 1 saturated heterocycles. The zero-order valence-corrected chi connectivity index (χ0v) is 14.4. The molecular formula is C19H39N. The van der Waals surface area contributed by atoms with Crippen LogP contribution in [0.15, 0.2) is 0 Å². The second kappa shape index (κ2) is 11.6. The average Bonchev–Trinajstić information content (AvgIpc) is 2.44. The second-order valence-corrected chi connectivity index (χ2v) is 7.20. The van der Waals surface area contributed by atoms with Crippen LogP contribution in [0.4, 0.5) is 0 Å². The Hall–Kier alpha value is -0.0400. The monoisotopic (exact) mass is 281 g/mol. The molecule has 0 radical (unpaired) electrons. The first-order valence-corrected chi connectivity index (χ1v) is 9.50. The van der Waals surface area contributed by atoms with Gasteiger partial charge in [-0.05, 0) is 32.1 Å². The van der Waals surface area contributed by atoms with E-state index < -0.39 is 0 Å². The van der Waals surface area contributed by atoms with Crippen molar-refractivity contribution in [2.75, 3.05) is 0 Å². The molecule has 0 amide bonds. The lowest BCUT2D eigenvalue weighted by Gasteiger charge is -2.34. The minimum Gasteiger partial charge on any atom is -0.311 e. The summed E-state index contributed by atoms with van der Waals surface area (Å²) in [6.07, 6.45) is 18.7. The van der Waals surface area contributed by atoms with Crippen LogP contribution in [0.25, 0.3) is 0 Å². The SMILES string of the molecule is CCCCCCCCCCCC[C@@H]1N[C@H](C)CC[C@@H]1C. The number of hydrogen-bond donors (Lipinski definition) is 1. The summed E-state index contributed by atoms with van der Waals surface area (Å²) in [6.45, 7) is 7.07. The van der Waals surface area contributed by atoms with Crippen molar-refractivity contribution in [1.82, 2.24) is 5.32 Å². The molecule has 1 aliphatic heterocycles. The summed E-state index contributed by atoms with van der Waals surface area (Å²) in [5.74, 6) is 0.893. The molecule has 0 aromatic rings. The quantitative estimate of drug-likeness (QED) is 0.453. The fourth-order valence-electron chi connectivity index (χ4n) is 3.55. The molecule has 0 spiro atoms. The van der Waals surface area contributed by atoms with Gasteiger partial charge < -0.3 is 5.32 Å². The molecule has 120 valence electrons. The Morgan fingerprint density at radius 1 is 0.750 bits per heavy atom. The lowest BCUT2D eigenvalue weighted by Crippen LogP contribution is -2.45. The summed E-state index contributed by atoms with van der Waals surface area (Å²) >= 11 is 0. The molecule has 1 N–H and O–H groups in total. The zero-order valence-electron chi connectivity index (χ0n) is 14.4. The first-order chi connectivity index (χ1) is 9.74. The van der Waals surface area contributed by atoms with Crippen LogP contribution < -0.4 is 5.32 Å². The van der Waals surface area contributed by atoms with E-state index >= 15 is 0 Å². The Bertz CT molecular complexity index is 214. The van der Waals surface area contributed by atoms with E-state index in [-0.39, 0.29) is 0 Å². The van der Waals surface area contributed by atoms with Gasteiger partial charge in [0.15, 0.2) is 0 Å². The van der Waals surface area contributed by atoms with Gasteiger partial charge in [0.1, 0.15) is 0 Å². The molecule has 0 aliphatic carbocycles. The molecule has 0 aromatic carbocycles. The van der Waals surface area contributed by atoms with E-state index in [0.717, 1.165) is 18.0 Å². The molecular weight excluding hydrogens is 242 g/mol. The predicted octanol–water partition coefficient (Wildman–Crippen LogP) is 6.07.